The van der Waals surface area contributed by atoms with Crippen LogP contribution in [0.3, 0.4) is 0 Å². The average Bonchev–Trinajstić information content (AvgIpc) is 2.53. The van der Waals surface area contributed by atoms with Gasteiger partial charge in [-0.3, -0.25) is 0 Å². The highest BCUT2D eigenvalue weighted by Crippen LogP contribution is 2.36. The van der Waals surface area contributed by atoms with Gasteiger partial charge in [-0.1, -0.05) is 0 Å². The molecule has 2 heterocycles. The van der Waals surface area contributed by atoms with Gasteiger partial charge in [-0.05, 0) is 19.8 Å². The average molecular weight is 180 g/mol. The molecule has 1 saturated heterocycles. The fourth-order valence-corrected chi connectivity index (χ4v) is 3.20. The van der Waals surface area contributed by atoms with Gasteiger partial charge < -0.3 is 4.90 Å². The van der Waals surface area contributed by atoms with E-state index < -0.39 is 0 Å². The van der Waals surface area contributed by atoms with Gasteiger partial charge in [-0.15, -0.1) is 11.8 Å². The van der Waals surface area contributed by atoms with E-state index in [1.165, 1.54) is 11.4 Å². The van der Waals surface area contributed by atoms with Gasteiger partial charge in [0.15, 0.2) is 0 Å². The van der Waals surface area contributed by atoms with Gasteiger partial charge in [-0.2, -0.15) is 5.26 Å². The summed E-state index contributed by atoms with van der Waals surface area (Å²) in [6, 6.07) is 2.30. The van der Waals surface area contributed by atoms with E-state index in [1.54, 1.807) is 0 Å². The Hall–Kier alpha value is -0.620. The van der Waals surface area contributed by atoms with Crippen molar-refractivity contribution in [1.82, 2.24) is 4.90 Å². The lowest BCUT2D eigenvalue weighted by atomic mass is 10.0. The second-order valence-corrected chi connectivity index (χ2v) is 4.52. The summed E-state index contributed by atoms with van der Waals surface area (Å²) in [5, 5.41) is 9.51. The summed E-state index contributed by atoms with van der Waals surface area (Å²) in [6.07, 6.45) is 2.14. The quantitative estimate of drug-likeness (QED) is 0.570. The van der Waals surface area contributed by atoms with Crippen LogP contribution < -0.4 is 0 Å². The number of fused-ring (bicyclic) bond motifs is 1. The van der Waals surface area contributed by atoms with Crippen molar-refractivity contribution in [3.8, 4) is 6.07 Å². The Bertz CT molecular complexity index is 264. The van der Waals surface area contributed by atoms with E-state index in [2.05, 4.69) is 17.9 Å². The van der Waals surface area contributed by atoms with Gasteiger partial charge in [-0.25, -0.2) is 0 Å². The van der Waals surface area contributed by atoms with E-state index in [1.807, 2.05) is 11.8 Å². The molecule has 2 rings (SSSR count). The van der Waals surface area contributed by atoms with Crippen LogP contribution in [0.5, 0.6) is 0 Å². The van der Waals surface area contributed by atoms with Gasteiger partial charge >= 0.3 is 0 Å². The lowest BCUT2D eigenvalue weighted by molar-refractivity contribution is 0.327. The summed E-state index contributed by atoms with van der Waals surface area (Å²) < 4.78 is 0. The lowest BCUT2D eigenvalue weighted by Gasteiger charge is -2.31. The molecular formula is C9H12N2S. The van der Waals surface area contributed by atoms with Gasteiger partial charge in [0.25, 0.3) is 0 Å². The topological polar surface area (TPSA) is 27.0 Å². The first-order chi connectivity index (χ1) is 5.83. The summed E-state index contributed by atoms with van der Waals surface area (Å²) in [5.74, 6) is 1.22. The highest BCUT2D eigenvalue weighted by molar-refractivity contribution is 8.00. The Morgan fingerprint density at radius 1 is 1.67 bits per heavy atom. The molecule has 12 heavy (non-hydrogen) atoms. The van der Waals surface area contributed by atoms with Crippen molar-refractivity contribution < 1.29 is 0 Å². The predicted octanol–water partition coefficient (Wildman–Crippen LogP) is 1.95. The molecule has 0 saturated carbocycles. The number of hydrogen-bond acceptors (Lipinski definition) is 3. The van der Waals surface area contributed by atoms with E-state index in [4.69, 9.17) is 5.26 Å². The van der Waals surface area contributed by atoms with Crippen molar-refractivity contribution in [2.45, 2.75) is 25.1 Å². The summed E-state index contributed by atoms with van der Waals surface area (Å²) in [5.41, 5.74) is 2.22. The summed E-state index contributed by atoms with van der Waals surface area (Å²) >= 11 is 2.02. The lowest BCUT2D eigenvalue weighted by Crippen LogP contribution is -2.30. The molecular weight excluding hydrogens is 168 g/mol. The molecule has 0 aliphatic carbocycles. The van der Waals surface area contributed by atoms with E-state index >= 15 is 0 Å². The van der Waals surface area contributed by atoms with E-state index in [9.17, 15) is 0 Å². The third-order valence-electron chi connectivity index (χ3n) is 2.63. The Morgan fingerprint density at radius 3 is 3.25 bits per heavy atom. The number of nitrogens with zero attached hydrogens (tertiary/aromatic N) is 2. The normalized spacial score (nSPS) is 28.7. The molecule has 64 valence electrons. The molecule has 0 aromatic heterocycles. The predicted molar refractivity (Wildman–Crippen MR) is 50.5 cm³/mol. The van der Waals surface area contributed by atoms with Crippen molar-refractivity contribution >= 4 is 11.8 Å². The van der Waals surface area contributed by atoms with Crippen LogP contribution in [0.15, 0.2) is 11.3 Å². The van der Waals surface area contributed by atoms with Crippen LogP contribution >= 0.6 is 11.8 Å². The van der Waals surface area contributed by atoms with Crippen LogP contribution in [0.1, 0.15) is 19.8 Å². The molecule has 2 nitrogen and oxygen atoms in total. The summed E-state index contributed by atoms with van der Waals surface area (Å²) in [7, 11) is 0. The zero-order valence-corrected chi connectivity index (χ0v) is 8.02. The van der Waals surface area contributed by atoms with Crippen molar-refractivity contribution in [3.63, 3.8) is 0 Å². The highest BCUT2D eigenvalue weighted by atomic mass is 32.2. The first-order valence-electron chi connectivity index (χ1n) is 4.31. The SMILES string of the molecule is CC1=C(C#N)CCC2SCCN12. The monoisotopic (exact) mass is 180 g/mol. The molecule has 1 fully saturated rings. The van der Waals surface area contributed by atoms with Crippen LogP contribution in [0.4, 0.5) is 0 Å². The fraction of sp³-hybridized carbons (Fsp3) is 0.667. The number of rotatable bonds is 0. The first-order valence-corrected chi connectivity index (χ1v) is 5.36. The maximum Gasteiger partial charge on any atom is 0.0965 e. The van der Waals surface area contributed by atoms with Crippen LogP contribution in [0, 0.1) is 11.3 Å². The van der Waals surface area contributed by atoms with Gasteiger partial charge in [0.1, 0.15) is 0 Å². The van der Waals surface area contributed by atoms with Crippen molar-refractivity contribution in [3.05, 3.63) is 11.3 Å². The molecule has 2 aliphatic heterocycles. The fourth-order valence-electron chi connectivity index (χ4n) is 1.90. The van der Waals surface area contributed by atoms with E-state index in [0.29, 0.717) is 5.37 Å². The standard InChI is InChI=1S/C9H12N2S/c1-7-8(6-10)2-3-9-11(7)4-5-12-9/h9H,2-5H2,1H3. The van der Waals surface area contributed by atoms with Gasteiger partial charge in [0, 0.05) is 23.6 Å². The minimum atomic E-state index is 0.669. The van der Waals surface area contributed by atoms with Crippen LogP contribution in [0.2, 0.25) is 0 Å². The molecule has 1 atom stereocenters. The van der Waals surface area contributed by atoms with Crippen LogP contribution in [0.25, 0.3) is 0 Å². The maximum atomic E-state index is 8.84. The molecule has 3 heteroatoms. The Labute approximate surface area is 77.2 Å². The highest BCUT2D eigenvalue weighted by Gasteiger charge is 2.30. The Morgan fingerprint density at radius 2 is 2.50 bits per heavy atom. The van der Waals surface area contributed by atoms with Crippen molar-refractivity contribution in [2.24, 2.45) is 0 Å². The zero-order valence-electron chi connectivity index (χ0n) is 7.21. The van der Waals surface area contributed by atoms with Crippen molar-refractivity contribution in [1.29, 1.82) is 5.26 Å². The molecule has 0 N–H and O–H groups in total. The number of allylic oxidation sites excluding steroid dienone is 2. The minimum Gasteiger partial charge on any atom is -0.361 e. The van der Waals surface area contributed by atoms with E-state index in [0.717, 1.165) is 25.0 Å². The molecule has 2 aliphatic rings. The molecule has 0 spiro atoms. The van der Waals surface area contributed by atoms with Crippen LogP contribution in [-0.2, 0) is 0 Å². The van der Waals surface area contributed by atoms with E-state index in [-0.39, 0.29) is 0 Å². The second-order valence-electron chi connectivity index (χ2n) is 3.23. The molecule has 0 aromatic carbocycles. The molecule has 0 radical (unpaired) electrons. The maximum absolute atomic E-state index is 8.84. The minimum absolute atomic E-state index is 0.669. The second kappa shape index (κ2) is 3.02. The largest absolute Gasteiger partial charge is 0.361 e. The zero-order chi connectivity index (χ0) is 8.55. The van der Waals surface area contributed by atoms with Gasteiger partial charge in [0.05, 0.1) is 11.4 Å². The van der Waals surface area contributed by atoms with Crippen LogP contribution in [-0.4, -0.2) is 22.6 Å². The number of thioether (sulfide) groups is 1. The third-order valence-corrected chi connectivity index (χ3v) is 3.93. The number of nitriles is 1. The molecule has 1 unspecified atom stereocenters. The Balaban J connectivity index is 2.28. The Kier molecular flexibility index (Phi) is 2.02. The smallest absolute Gasteiger partial charge is 0.0965 e. The summed E-state index contributed by atoms with van der Waals surface area (Å²) in [4.78, 5) is 2.38. The third kappa shape index (κ3) is 1.11. The number of hydrogen-bond donors (Lipinski definition) is 0. The van der Waals surface area contributed by atoms with Gasteiger partial charge in [0.2, 0.25) is 0 Å². The molecule has 0 amide bonds. The molecule has 0 aromatic rings. The molecule has 0 bridgehead atoms. The summed E-state index contributed by atoms with van der Waals surface area (Å²) in [6.45, 7) is 3.21. The first kappa shape index (κ1) is 8.00. The van der Waals surface area contributed by atoms with Crippen molar-refractivity contribution in [2.75, 3.05) is 12.3 Å².